The summed E-state index contributed by atoms with van der Waals surface area (Å²) in [6.07, 6.45) is 2.94. The topological polar surface area (TPSA) is 91.2 Å². The highest BCUT2D eigenvalue weighted by atomic mass is 16.5. The molecular weight excluding hydrogens is 342 g/mol. The van der Waals surface area contributed by atoms with Crippen LogP contribution in [0.1, 0.15) is 36.0 Å². The molecule has 0 bridgehead atoms. The summed E-state index contributed by atoms with van der Waals surface area (Å²) in [6, 6.07) is 16.8. The molecule has 0 aliphatic heterocycles. The molecule has 0 aromatic heterocycles. The van der Waals surface area contributed by atoms with Gasteiger partial charge in [-0.25, -0.2) is 0 Å². The molecule has 0 unspecified atom stereocenters. The lowest BCUT2D eigenvalue weighted by Crippen LogP contribution is -2.43. The van der Waals surface area contributed by atoms with Gasteiger partial charge in [0.25, 0.3) is 5.91 Å². The maximum absolute atomic E-state index is 11.8. The molecule has 0 aliphatic carbocycles. The molecule has 2 rings (SSSR count). The second kappa shape index (κ2) is 10.6. The van der Waals surface area contributed by atoms with Crippen LogP contribution in [0.5, 0.6) is 5.75 Å². The summed E-state index contributed by atoms with van der Waals surface area (Å²) in [5.74, 6) is -0.204. The number of hydrazine groups is 1. The Hall–Kier alpha value is -3.33. The van der Waals surface area contributed by atoms with Crippen LogP contribution in [0.15, 0.2) is 48.5 Å². The van der Waals surface area contributed by atoms with E-state index in [1.807, 2.05) is 6.07 Å². The molecular formula is C21H23N3O3. The first kappa shape index (κ1) is 20.0. The number of aryl methyl sites for hydroxylation is 2. The van der Waals surface area contributed by atoms with Crippen LogP contribution < -0.4 is 15.6 Å². The summed E-state index contributed by atoms with van der Waals surface area (Å²) in [5, 5.41) is 8.72. The molecule has 0 fully saturated rings. The normalized spacial score (nSPS) is 9.93. The lowest BCUT2D eigenvalue weighted by Gasteiger charge is -2.09. The molecule has 6 heteroatoms. The lowest BCUT2D eigenvalue weighted by atomic mass is 10.1. The molecule has 0 spiro atoms. The number of nitriles is 1. The van der Waals surface area contributed by atoms with Crippen LogP contribution in [-0.2, 0) is 16.0 Å². The van der Waals surface area contributed by atoms with Crippen molar-refractivity contribution in [2.75, 3.05) is 6.61 Å². The van der Waals surface area contributed by atoms with E-state index in [-0.39, 0.29) is 12.5 Å². The third-order valence-electron chi connectivity index (χ3n) is 3.93. The number of ether oxygens (including phenoxy) is 1. The van der Waals surface area contributed by atoms with E-state index in [1.54, 1.807) is 24.3 Å². The van der Waals surface area contributed by atoms with Crippen molar-refractivity contribution in [2.24, 2.45) is 0 Å². The molecule has 0 aliphatic rings. The highest BCUT2D eigenvalue weighted by Gasteiger charge is 2.06. The Kier molecular flexibility index (Phi) is 7.86. The van der Waals surface area contributed by atoms with Gasteiger partial charge in [-0.1, -0.05) is 29.8 Å². The largest absolute Gasteiger partial charge is 0.484 e. The first-order valence-electron chi connectivity index (χ1n) is 8.83. The highest BCUT2D eigenvalue weighted by Crippen LogP contribution is 2.11. The molecule has 0 heterocycles. The smallest absolute Gasteiger partial charge is 0.276 e. The fraction of sp³-hybridized carbons (Fsp3) is 0.286. The van der Waals surface area contributed by atoms with Crippen LogP contribution in [-0.4, -0.2) is 18.4 Å². The first-order valence-corrected chi connectivity index (χ1v) is 8.83. The highest BCUT2D eigenvalue weighted by molar-refractivity contribution is 5.82. The number of rotatable bonds is 8. The third kappa shape index (κ3) is 7.61. The van der Waals surface area contributed by atoms with E-state index in [2.05, 4.69) is 42.0 Å². The van der Waals surface area contributed by atoms with E-state index in [0.29, 0.717) is 17.7 Å². The van der Waals surface area contributed by atoms with Gasteiger partial charge in [0.1, 0.15) is 5.75 Å². The molecule has 0 radical (unpaired) electrons. The van der Waals surface area contributed by atoms with Crippen molar-refractivity contribution in [3.63, 3.8) is 0 Å². The molecule has 140 valence electrons. The minimum atomic E-state index is -0.452. The van der Waals surface area contributed by atoms with Crippen LogP contribution in [0, 0.1) is 18.3 Å². The molecule has 0 saturated carbocycles. The summed E-state index contributed by atoms with van der Waals surface area (Å²) >= 11 is 0. The lowest BCUT2D eigenvalue weighted by molar-refractivity contribution is -0.130. The number of carbonyl (C=O) groups excluding carboxylic acids is 2. The summed E-state index contributed by atoms with van der Waals surface area (Å²) < 4.78 is 5.28. The number of nitrogens with zero attached hydrogens (tertiary/aromatic N) is 1. The molecule has 27 heavy (non-hydrogen) atoms. The molecule has 0 saturated heterocycles. The summed E-state index contributed by atoms with van der Waals surface area (Å²) in [6.45, 7) is 1.83. The quantitative estimate of drug-likeness (QED) is 0.556. The van der Waals surface area contributed by atoms with Crippen LogP contribution >= 0.6 is 0 Å². The van der Waals surface area contributed by atoms with Gasteiger partial charge in [0, 0.05) is 6.42 Å². The van der Waals surface area contributed by atoms with Gasteiger partial charge in [0.05, 0.1) is 11.6 Å². The number of nitrogens with one attached hydrogen (secondary N) is 2. The van der Waals surface area contributed by atoms with E-state index in [9.17, 15) is 9.59 Å². The molecule has 2 aromatic carbocycles. The van der Waals surface area contributed by atoms with Gasteiger partial charge in [0.15, 0.2) is 6.61 Å². The first-order chi connectivity index (χ1) is 13.1. The van der Waals surface area contributed by atoms with Crippen molar-refractivity contribution in [3.8, 4) is 11.8 Å². The van der Waals surface area contributed by atoms with Gasteiger partial charge in [-0.15, -0.1) is 0 Å². The van der Waals surface area contributed by atoms with Gasteiger partial charge >= 0.3 is 0 Å². The van der Waals surface area contributed by atoms with E-state index < -0.39 is 5.91 Å². The van der Waals surface area contributed by atoms with Crippen molar-refractivity contribution < 1.29 is 14.3 Å². The summed E-state index contributed by atoms with van der Waals surface area (Å²) in [5.41, 5.74) is 7.71. The molecule has 2 amide bonds. The van der Waals surface area contributed by atoms with Crippen LogP contribution in [0.2, 0.25) is 0 Å². The molecule has 0 atom stereocenters. The average molecular weight is 365 g/mol. The molecule has 2 aromatic rings. The number of hydrogen-bond donors (Lipinski definition) is 2. The van der Waals surface area contributed by atoms with Crippen molar-refractivity contribution in [1.82, 2.24) is 10.9 Å². The summed E-state index contributed by atoms with van der Waals surface area (Å²) in [4.78, 5) is 23.4. The van der Waals surface area contributed by atoms with Crippen molar-refractivity contribution in [3.05, 3.63) is 65.2 Å². The van der Waals surface area contributed by atoms with Crippen molar-refractivity contribution in [2.45, 2.75) is 32.6 Å². The Bertz CT molecular complexity index is 793. The average Bonchev–Trinajstić information content (AvgIpc) is 2.69. The standard InChI is InChI=1S/C21H23N3O3/c1-16-6-8-17(9-7-16)4-2-3-5-20(25)23-24-21(26)15-27-19-12-10-18(14-22)11-13-19/h6-13H,2-5,15H2,1H3,(H,23,25)(H,24,26). The molecule has 2 N–H and O–H groups in total. The summed E-state index contributed by atoms with van der Waals surface area (Å²) in [7, 11) is 0. The maximum Gasteiger partial charge on any atom is 0.276 e. The zero-order valence-corrected chi connectivity index (χ0v) is 15.3. The number of hydrogen-bond acceptors (Lipinski definition) is 4. The van der Waals surface area contributed by atoms with Crippen LogP contribution in [0.25, 0.3) is 0 Å². The number of benzene rings is 2. The predicted molar refractivity (Wildman–Crippen MR) is 102 cm³/mol. The van der Waals surface area contributed by atoms with Crippen LogP contribution in [0.4, 0.5) is 0 Å². The van der Waals surface area contributed by atoms with E-state index in [0.717, 1.165) is 19.3 Å². The van der Waals surface area contributed by atoms with Crippen molar-refractivity contribution in [1.29, 1.82) is 5.26 Å². The minimum Gasteiger partial charge on any atom is -0.484 e. The van der Waals surface area contributed by atoms with Gasteiger partial charge in [0.2, 0.25) is 5.91 Å². The zero-order valence-electron chi connectivity index (χ0n) is 15.3. The number of carbonyl (C=O) groups is 2. The monoisotopic (exact) mass is 365 g/mol. The fourth-order valence-corrected chi connectivity index (χ4v) is 2.38. The second-order valence-corrected chi connectivity index (χ2v) is 6.21. The van der Waals surface area contributed by atoms with Gasteiger partial charge in [-0.2, -0.15) is 5.26 Å². The van der Waals surface area contributed by atoms with Gasteiger partial charge < -0.3 is 4.74 Å². The fourth-order valence-electron chi connectivity index (χ4n) is 2.38. The Morgan fingerprint density at radius 2 is 1.63 bits per heavy atom. The Morgan fingerprint density at radius 1 is 0.963 bits per heavy atom. The Balaban J connectivity index is 1.56. The van der Waals surface area contributed by atoms with E-state index >= 15 is 0 Å². The van der Waals surface area contributed by atoms with E-state index in [4.69, 9.17) is 10.00 Å². The Morgan fingerprint density at radius 3 is 2.30 bits per heavy atom. The van der Waals surface area contributed by atoms with Gasteiger partial charge in [-0.05, 0) is 56.0 Å². The zero-order chi connectivity index (χ0) is 19.5. The third-order valence-corrected chi connectivity index (χ3v) is 3.93. The number of unbranched alkanes of at least 4 members (excludes halogenated alkanes) is 1. The van der Waals surface area contributed by atoms with Crippen LogP contribution in [0.3, 0.4) is 0 Å². The SMILES string of the molecule is Cc1ccc(CCCCC(=O)NNC(=O)COc2ccc(C#N)cc2)cc1. The molecule has 6 nitrogen and oxygen atoms in total. The Labute approximate surface area is 159 Å². The second-order valence-electron chi connectivity index (χ2n) is 6.21. The van der Waals surface area contributed by atoms with Crippen molar-refractivity contribution >= 4 is 11.8 Å². The predicted octanol–water partition coefficient (Wildman–Crippen LogP) is 2.81. The number of amides is 2. The minimum absolute atomic E-state index is 0.223. The maximum atomic E-state index is 11.8. The van der Waals surface area contributed by atoms with Gasteiger partial charge in [-0.3, -0.25) is 20.4 Å². The van der Waals surface area contributed by atoms with E-state index in [1.165, 1.54) is 11.1 Å².